The van der Waals surface area contributed by atoms with Crippen LogP contribution in [0.3, 0.4) is 0 Å². The van der Waals surface area contributed by atoms with Gasteiger partial charge in [-0.15, -0.1) is 0 Å². The second-order valence-corrected chi connectivity index (χ2v) is 14.3. The predicted octanol–water partition coefficient (Wildman–Crippen LogP) is 5.55. The Labute approximate surface area is 282 Å². The maximum atomic E-state index is 14.4. The number of hydrogen-bond donors (Lipinski definition) is 3. The third kappa shape index (κ3) is 9.75. The van der Waals surface area contributed by atoms with E-state index in [2.05, 4.69) is 10.6 Å². The molecule has 0 aromatic heterocycles. The topological polar surface area (TPSA) is 143 Å². The van der Waals surface area contributed by atoms with E-state index in [0.29, 0.717) is 30.2 Å². The number of hydrogen-bond acceptors (Lipinski definition) is 7. The van der Waals surface area contributed by atoms with Gasteiger partial charge in [-0.3, -0.25) is 4.79 Å². The summed E-state index contributed by atoms with van der Waals surface area (Å²) in [6, 6.07) is 17.8. The summed E-state index contributed by atoms with van der Waals surface area (Å²) in [5, 5.41) is 5.57. The molecule has 48 heavy (non-hydrogen) atoms. The maximum Gasteiger partial charge on any atom is 0.323 e. The zero-order valence-electron chi connectivity index (χ0n) is 27.9. The molecule has 1 heterocycles. The average molecular weight is 684 g/mol. The Morgan fingerprint density at radius 1 is 1.04 bits per heavy atom. The van der Waals surface area contributed by atoms with Crippen molar-refractivity contribution in [2.24, 2.45) is 11.7 Å². The number of rotatable bonds is 8. The number of ether oxygens (including phenoxy) is 2. The van der Waals surface area contributed by atoms with Gasteiger partial charge in [0.25, 0.3) is 5.91 Å². The Kier molecular flexibility index (Phi) is 12.9. The highest BCUT2D eigenvalue weighted by Crippen LogP contribution is 2.29. The first kappa shape index (κ1) is 36.8. The van der Waals surface area contributed by atoms with Gasteiger partial charge in [0.15, 0.2) is 0 Å². The quantitative estimate of drug-likeness (QED) is 0.283. The number of halogens is 1. The normalized spacial score (nSPS) is 20.3. The molecular formula is C35H46FN5O6S. The first-order valence-corrected chi connectivity index (χ1v) is 17.6. The van der Waals surface area contributed by atoms with Crippen LogP contribution in [0.5, 0.6) is 5.75 Å². The molecule has 4 N–H and O–H groups in total. The Balaban J connectivity index is 1.62. The Bertz CT molecular complexity index is 1630. The van der Waals surface area contributed by atoms with Crippen molar-refractivity contribution in [2.45, 2.75) is 63.2 Å². The predicted molar refractivity (Wildman–Crippen MR) is 184 cm³/mol. The minimum Gasteiger partial charge on any atom is -0.490 e. The van der Waals surface area contributed by atoms with Gasteiger partial charge < -0.3 is 30.7 Å². The molecule has 0 unspecified atom stereocenters. The molecule has 11 nitrogen and oxygen atoms in total. The van der Waals surface area contributed by atoms with E-state index < -0.39 is 34.0 Å². The maximum absolute atomic E-state index is 14.4. The number of anilines is 2. The molecule has 4 rings (SSSR count). The van der Waals surface area contributed by atoms with Crippen LogP contribution in [0, 0.1) is 11.7 Å². The number of fused-ring (bicyclic) bond motifs is 1. The van der Waals surface area contributed by atoms with Crippen LogP contribution in [-0.2, 0) is 14.8 Å². The van der Waals surface area contributed by atoms with Crippen LogP contribution in [0.1, 0.15) is 50.4 Å². The summed E-state index contributed by atoms with van der Waals surface area (Å²) in [6.07, 6.45) is 1.40. The molecule has 4 atom stereocenters. The number of urea groups is 1. The minimum absolute atomic E-state index is 0.0145. The Hall–Kier alpha value is -4.04. The molecule has 0 fully saturated rings. The van der Waals surface area contributed by atoms with E-state index in [-0.39, 0.29) is 48.0 Å². The van der Waals surface area contributed by atoms with E-state index >= 15 is 0 Å². The van der Waals surface area contributed by atoms with E-state index in [4.69, 9.17) is 15.2 Å². The lowest BCUT2D eigenvalue weighted by atomic mass is 10.0. The molecule has 1 aliphatic rings. The molecule has 0 radical (unpaired) electrons. The molecule has 260 valence electrons. The lowest BCUT2D eigenvalue weighted by molar-refractivity contribution is -0.00576. The second-order valence-electron chi connectivity index (χ2n) is 12.2. The van der Waals surface area contributed by atoms with Crippen LogP contribution in [0.15, 0.2) is 77.7 Å². The van der Waals surface area contributed by atoms with Gasteiger partial charge in [0.2, 0.25) is 10.0 Å². The number of likely N-dealkylation sites (N-methyl/N-ethyl adjacent to an activating group) is 1. The third-order valence-corrected chi connectivity index (χ3v) is 10.2. The number of para-hydroxylation sites is 1. The summed E-state index contributed by atoms with van der Waals surface area (Å²) < 4.78 is 54.0. The highest BCUT2D eigenvalue weighted by Gasteiger charge is 2.32. The monoisotopic (exact) mass is 683 g/mol. The zero-order valence-corrected chi connectivity index (χ0v) is 28.7. The SMILES string of the molecule is C[C@@H]1CN([C@@H](C)CN)C(=O)c2cc(NC(=O)Nc3ccccc3)ccc2O[C@@H](C)CCCCO[C@H]1CN(C)S(=O)(=O)c1ccc(F)cc1. The van der Waals surface area contributed by atoms with E-state index in [1.807, 2.05) is 39.0 Å². The molecule has 0 bridgehead atoms. The van der Waals surface area contributed by atoms with Crippen LogP contribution in [0.4, 0.5) is 20.6 Å². The number of carbonyl (C=O) groups excluding carboxylic acids is 2. The van der Waals surface area contributed by atoms with Crippen LogP contribution < -0.4 is 21.1 Å². The van der Waals surface area contributed by atoms with Gasteiger partial charge in [-0.2, -0.15) is 4.31 Å². The van der Waals surface area contributed by atoms with Crippen molar-refractivity contribution in [2.75, 3.05) is 43.9 Å². The second kappa shape index (κ2) is 16.9. The molecule has 13 heteroatoms. The summed E-state index contributed by atoms with van der Waals surface area (Å²) in [7, 11) is -2.48. The summed E-state index contributed by atoms with van der Waals surface area (Å²) in [5.74, 6) is -0.813. The van der Waals surface area contributed by atoms with Crippen molar-refractivity contribution < 1.29 is 31.9 Å². The van der Waals surface area contributed by atoms with Crippen LogP contribution >= 0.6 is 0 Å². The van der Waals surface area contributed by atoms with Gasteiger partial charge in [-0.1, -0.05) is 25.1 Å². The van der Waals surface area contributed by atoms with E-state index in [1.54, 1.807) is 35.2 Å². The smallest absolute Gasteiger partial charge is 0.323 e. The number of nitrogens with one attached hydrogen (secondary N) is 2. The van der Waals surface area contributed by atoms with Gasteiger partial charge in [0.1, 0.15) is 11.6 Å². The van der Waals surface area contributed by atoms with Gasteiger partial charge in [-0.25, -0.2) is 17.6 Å². The van der Waals surface area contributed by atoms with Crippen molar-refractivity contribution in [3.63, 3.8) is 0 Å². The fourth-order valence-corrected chi connectivity index (χ4v) is 6.63. The fourth-order valence-electron chi connectivity index (χ4n) is 5.44. The van der Waals surface area contributed by atoms with Crippen LogP contribution in [0.2, 0.25) is 0 Å². The van der Waals surface area contributed by atoms with E-state index in [9.17, 15) is 22.4 Å². The molecule has 3 amide bonds. The number of benzene rings is 3. The first-order chi connectivity index (χ1) is 22.9. The number of amides is 3. The van der Waals surface area contributed by atoms with E-state index in [0.717, 1.165) is 25.0 Å². The summed E-state index contributed by atoms with van der Waals surface area (Å²) in [5.41, 5.74) is 7.37. The standard InChI is InChI=1S/C35H46FN5O6S/c1-24-22-41(25(2)21-37)34(42)31-20-29(39-35(43)38-28-11-6-5-7-12-28)15-18-32(31)47-26(3)10-8-9-19-46-33(24)23-40(4)48(44,45)30-16-13-27(36)14-17-30/h5-7,11-18,20,24-26,33H,8-10,19,21-23,37H2,1-4H3,(H2,38,39,43)/t24-,25+,26+,33+/m1/s1. The molecule has 3 aromatic carbocycles. The first-order valence-electron chi connectivity index (χ1n) is 16.2. The minimum atomic E-state index is -3.94. The molecule has 0 aliphatic carbocycles. The number of sulfonamides is 1. The van der Waals surface area contributed by atoms with Gasteiger partial charge in [0, 0.05) is 56.6 Å². The molecule has 0 saturated heterocycles. The van der Waals surface area contributed by atoms with Crippen molar-refractivity contribution in [1.82, 2.24) is 9.21 Å². The summed E-state index contributed by atoms with van der Waals surface area (Å²) in [4.78, 5) is 28.8. The highest BCUT2D eigenvalue weighted by atomic mass is 32.2. The van der Waals surface area contributed by atoms with Gasteiger partial charge >= 0.3 is 6.03 Å². The van der Waals surface area contributed by atoms with Crippen molar-refractivity contribution >= 4 is 33.3 Å². The van der Waals surface area contributed by atoms with E-state index in [1.165, 1.54) is 23.5 Å². The summed E-state index contributed by atoms with van der Waals surface area (Å²) >= 11 is 0. The van der Waals surface area contributed by atoms with Gasteiger partial charge in [-0.05, 0) is 87.7 Å². The average Bonchev–Trinajstić information content (AvgIpc) is 3.06. The molecule has 3 aromatic rings. The molecular weight excluding hydrogens is 637 g/mol. The third-order valence-electron chi connectivity index (χ3n) is 8.38. The molecule has 0 spiro atoms. The largest absolute Gasteiger partial charge is 0.490 e. The van der Waals surface area contributed by atoms with Gasteiger partial charge in [0.05, 0.1) is 22.7 Å². The zero-order chi connectivity index (χ0) is 34.8. The number of carbonyl (C=O) groups is 2. The molecule has 0 saturated carbocycles. The Morgan fingerprint density at radius 2 is 1.73 bits per heavy atom. The fraction of sp³-hybridized carbons (Fsp3) is 0.429. The lowest BCUT2D eigenvalue weighted by Gasteiger charge is -2.36. The van der Waals surface area contributed by atoms with Crippen LogP contribution in [-0.4, -0.2) is 81.1 Å². The van der Waals surface area contributed by atoms with Crippen molar-refractivity contribution in [3.05, 3.63) is 84.2 Å². The Morgan fingerprint density at radius 3 is 2.42 bits per heavy atom. The number of nitrogens with zero attached hydrogens (tertiary/aromatic N) is 2. The lowest BCUT2D eigenvalue weighted by Crippen LogP contribution is -2.48. The van der Waals surface area contributed by atoms with Crippen molar-refractivity contribution in [3.8, 4) is 5.75 Å². The van der Waals surface area contributed by atoms with Crippen LogP contribution in [0.25, 0.3) is 0 Å². The number of nitrogens with two attached hydrogens (primary N) is 1. The van der Waals surface area contributed by atoms with Crippen molar-refractivity contribution in [1.29, 1.82) is 0 Å². The summed E-state index contributed by atoms with van der Waals surface area (Å²) in [6.45, 7) is 6.46. The highest BCUT2D eigenvalue weighted by molar-refractivity contribution is 7.89. The molecule has 1 aliphatic heterocycles.